The Morgan fingerprint density at radius 3 is 2.40 bits per heavy atom. The Kier molecular flexibility index (Phi) is 7.70. The van der Waals surface area contributed by atoms with Crippen LogP contribution in [-0.4, -0.2) is 29.2 Å². The summed E-state index contributed by atoms with van der Waals surface area (Å²) < 4.78 is 13.4. The SMILES string of the molecule is COc1ccc(C(=O)NC(C)c2nc3ccccc3n2CCCCOc2cc(C)cc(C)c2)cc1. The molecular weight excluding hydrogens is 438 g/mol. The largest absolute Gasteiger partial charge is 0.497 e. The topological polar surface area (TPSA) is 65.4 Å². The lowest BCUT2D eigenvalue weighted by atomic mass is 10.1. The molecule has 0 aliphatic rings. The van der Waals surface area contributed by atoms with E-state index in [2.05, 4.69) is 48.0 Å². The summed E-state index contributed by atoms with van der Waals surface area (Å²) in [6.07, 6.45) is 1.86. The quantitative estimate of drug-likeness (QED) is 0.288. The molecule has 0 saturated heterocycles. The van der Waals surface area contributed by atoms with Gasteiger partial charge < -0.3 is 19.4 Å². The van der Waals surface area contributed by atoms with Crippen molar-refractivity contribution in [2.24, 2.45) is 0 Å². The number of carbonyl (C=O) groups is 1. The Morgan fingerprint density at radius 1 is 0.971 bits per heavy atom. The predicted octanol–water partition coefficient (Wildman–Crippen LogP) is 6.01. The number of benzene rings is 3. The summed E-state index contributed by atoms with van der Waals surface area (Å²) in [5, 5.41) is 3.10. The van der Waals surface area contributed by atoms with E-state index in [-0.39, 0.29) is 11.9 Å². The zero-order valence-corrected chi connectivity index (χ0v) is 20.9. The second kappa shape index (κ2) is 11.1. The van der Waals surface area contributed by atoms with Crippen LogP contribution >= 0.6 is 0 Å². The molecule has 1 atom stereocenters. The number of rotatable bonds is 10. The van der Waals surface area contributed by atoms with E-state index in [0.29, 0.717) is 12.2 Å². The van der Waals surface area contributed by atoms with Crippen molar-refractivity contribution >= 4 is 16.9 Å². The molecule has 0 bridgehead atoms. The number of nitrogens with one attached hydrogen (secondary N) is 1. The van der Waals surface area contributed by atoms with Crippen LogP contribution in [0.15, 0.2) is 66.7 Å². The first kappa shape index (κ1) is 24.3. The number of hydrogen-bond donors (Lipinski definition) is 1. The van der Waals surface area contributed by atoms with Crippen molar-refractivity contribution in [2.75, 3.05) is 13.7 Å². The highest BCUT2D eigenvalue weighted by Crippen LogP contribution is 2.23. The fraction of sp³-hybridized carbons (Fsp3) is 0.310. The molecule has 0 radical (unpaired) electrons. The van der Waals surface area contributed by atoms with Crippen LogP contribution in [0.25, 0.3) is 11.0 Å². The minimum Gasteiger partial charge on any atom is -0.497 e. The third-order valence-corrected chi connectivity index (χ3v) is 6.01. The second-order valence-electron chi connectivity index (χ2n) is 8.91. The Labute approximate surface area is 206 Å². The normalized spacial score (nSPS) is 11.9. The molecule has 1 aromatic heterocycles. The van der Waals surface area contributed by atoms with Crippen molar-refractivity contribution in [3.8, 4) is 11.5 Å². The van der Waals surface area contributed by atoms with Gasteiger partial charge in [-0.05, 0) is 93.3 Å². The Morgan fingerprint density at radius 2 is 1.69 bits per heavy atom. The molecule has 6 nitrogen and oxygen atoms in total. The van der Waals surface area contributed by atoms with Crippen LogP contribution in [0.4, 0.5) is 0 Å². The van der Waals surface area contributed by atoms with Gasteiger partial charge in [0.05, 0.1) is 30.8 Å². The summed E-state index contributed by atoms with van der Waals surface area (Å²) in [4.78, 5) is 17.7. The van der Waals surface area contributed by atoms with Gasteiger partial charge in [0, 0.05) is 12.1 Å². The molecule has 4 aromatic rings. The van der Waals surface area contributed by atoms with Gasteiger partial charge in [0.15, 0.2) is 0 Å². The number of imidazole rings is 1. The van der Waals surface area contributed by atoms with Crippen molar-refractivity contribution in [2.45, 2.75) is 46.2 Å². The van der Waals surface area contributed by atoms with Gasteiger partial charge in [0.1, 0.15) is 17.3 Å². The number of ether oxygens (including phenoxy) is 2. The lowest BCUT2D eigenvalue weighted by molar-refractivity contribution is 0.0937. The molecule has 182 valence electrons. The number of para-hydroxylation sites is 2. The molecule has 1 unspecified atom stereocenters. The number of unbranched alkanes of at least 4 members (excludes halogenated alkanes) is 1. The molecule has 1 heterocycles. The lowest BCUT2D eigenvalue weighted by Gasteiger charge is -2.17. The molecule has 35 heavy (non-hydrogen) atoms. The average Bonchev–Trinajstić information content (AvgIpc) is 3.22. The van der Waals surface area contributed by atoms with Gasteiger partial charge in [-0.15, -0.1) is 0 Å². The highest BCUT2D eigenvalue weighted by atomic mass is 16.5. The lowest BCUT2D eigenvalue weighted by Crippen LogP contribution is -2.28. The summed E-state index contributed by atoms with van der Waals surface area (Å²) in [6, 6.07) is 21.2. The van der Waals surface area contributed by atoms with Crippen molar-refractivity contribution in [3.63, 3.8) is 0 Å². The minimum atomic E-state index is -0.247. The maximum absolute atomic E-state index is 12.8. The van der Waals surface area contributed by atoms with Gasteiger partial charge in [-0.2, -0.15) is 0 Å². The van der Waals surface area contributed by atoms with Gasteiger partial charge in [0.25, 0.3) is 5.91 Å². The zero-order valence-electron chi connectivity index (χ0n) is 20.9. The van der Waals surface area contributed by atoms with Gasteiger partial charge in [-0.1, -0.05) is 18.2 Å². The van der Waals surface area contributed by atoms with Gasteiger partial charge in [0.2, 0.25) is 0 Å². The number of hydrogen-bond acceptors (Lipinski definition) is 4. The van der Waals surface area contributed by atoms with E-state index in [1.54, 1.807) is 31.4 Å². The van der Waals surface area contributed by atoms with Crippen molar-refractivity contribution in [3.05, 3.63) is 89.2 Å². The molecule has 3 aromatic carbocycles. The summed E-state index contributed by atoms with van der Waals surface area (Å²) >= 11 is 0. The highest BCUT2D eigenvalue weighted by Gasteiger charge is 2.19. The highest BCUT2D eigenvalue weighted by molar-refractivity contribution is 5.94. The van der Waals surface area contributed by atoms with Gasteiger partial charge in [-0.25, -0.2) is 4.98 Å². The monoisotopic (exact) mass is 471 g/mol. The van der Waals surface area contributed by atoms with Crippen LogP contribution in [0.3, 0.4) is 0 Å². The van der Waals surface area contributed by atoms with Crippen molar-refractivity contribution in [1.29, 1.82) is 0 Å². The third-order valence-electron chi connectivity index (χ3n) is 6.01. The number of carbonyl (C=O) groups excluding carboxylic acids is 1. The average molecular weight is 472 g/mol. The van der Waals surface area contributed by atoms with Crippen LogP contribution in [0, 0.1) is 13.8 Å². The molecule has 4 rings (SSSR count). The fourth-order valence-corrected chi connectivity index (χ4v) is 4.32. The van der Waals surface area contributed by atoms with Crippen molar-refractivity contribution < 1.29 is 14.3 Å². The minimum absolute atomic E-state index is 0.138. The molecule has 0 aliphatic heterocycles. The van der Waals surface area contributed by atoms with E-state index in [1.165, 1.54) is 11.1 Å². The summed E-state index contributed by atoms with van der Waals surface area (Å²) in [5.41, 5.74) is 5.01. The first-order valence-electron chi connectivity index (χ1n) is 12.1. The van der Waals surface area contributed by atoms with Crippen LogP contribution in [0.1, 0.15) is 53.1 Å². The zero-order chi connectivity index (χ0) is 24.8. The van der Waals surface area contributed by atoms with E-state index in [9.17, 15) is 4.79 Å². The van der Waals surface area contributed by atoms with Gasteiger partial charge in [-0.3, -0.25) is 4.79 Å². The smallest absolute Gasteiger partial charge is 0.251 e. The Bertz CT molecular complexity index is 1270. The van der Waals surface area contributed by atoms with Crippen LogP contribution in [0.5, 0.6) is 11.5 Å². The summed E-state index contributed by atoms with van der Waals surface area (Å²) in [6.45, 7) is 7.60. The molecule has 0 spiro atoms. The number of fused-ring (bicyclic) bond motifs is 1. The Balaban J connectivity index is 1.41. The molecular formula is C29H33N3O3. The summed E-state index contributed by atoms with van der Waals surface area (Å²) in [5.74, 6) is 2.35. The Hall–Kier alpha value is -3.80. The van der Waals surface area contributed by atoms with Crippen LogP contribution < -0.4 is 14.8 Å². The van der Waals surface area contributed by atoms with E-state index < -0.39 is 0 Å². The van der Waals surface area contributed by atoms with E-state index in [4.69, 9.17) is 14.5 Å². The summed E-state index contributed by atoms with van der Waals surface area (Å²) in [7, 11) is 1.61. The number of aryl methyl sites for hydroxylation is 3. The molecule has 6 heteroatoms. The maximum Gasteiger partial charge on any atom is 0.251 e. The predicted molar refractivity (Wildman–Crippen MR) is 139 cm³/mol. The van der Waals surface area contributed by atoms with E-state index in [0.717, 1.165) is 47.7 Å². The fourth-order valence-electron chi connectivity index (χ4n) is 4.32. The van der Waals surface area contributed by atoms with Crippen molar-refractivity contribution in [1.82, 2.24) is 14.9 Å². The number of methoxy groups -OCH3 is 1. The molecule has 1 amide bonds. The van der Waals surface area contributed by atoms with E-state index in [1.807, 2.05) is 25.1 Å². The van der Waals surface area contributed by atoms with Crippen LogP contribution in [0.2, 0.25) is 0 Å². The molecule has 1 N–H and O–H groups in total. The third kappa shape index (κ3) is 6.01. The first-order chi connectivity index (χ1) is 16.9. The number of aromatic nitrogens is 2. The number of amides is 1. The maximum atomic E-state index is 12.8. The molecule has 0 aliphatic carbocycles. The first-order valence-corrected chi connectivity index (χ1v) is 12.1. The van der Waals surface area contributed by atoms with Gasteiger partial charge >= 0.3 is 0 Å². The molecule has 0 saturated carbocycles. The van der Waals surface area contributed by atoms with E-state index >= 15 is 0 Å². The standard InChI is InChI=1S/C29H33N3O3/c1-20-17-21(2)19-25(18-20)35-16-8-7-15-32-27-10-6-5-9-26(27)31-28(32)22(3)30-29(33)23-11-13-24(34-4)14-12-23/h5-6,9-14,17-19,22H,7-8,15-16H2,1-4H3,(H,30,33). The second-order valence-corrected chi connectivity index (χ2v) is 8.91. The number of nitrogens with zero attached hydrogens (tertiary/aromatic N) is 2. The molecule has 0 fully saturated rings. The van der Waals surface area contributed by atoms with Crippen LogP contribution in [-0.2, 0) is 6.54 Å².